The van der Waals surface area contributed by atoms with Crippen LogP contribution in [0.4, 0.5) is 4.79 Å². The number of carboxylic acid groups (broad SMARTS) is 1. The normalized spacial score (nSPS) is 11.0. The molecule has 4 heteroatoms. The summed E-state index contributed by atoms with van der Waals surface area (Å²) < 4.78 is 8.67. The molecule has 3 aromatic carbocycles. The van der Waals surface area contributed by atoms with Crippen molar-refractivity contribution in [3.63, 3.8) is 0 Å². The van der Waals surface area contributed by atoms with Crippen molar-refractivity contribution in [1.29, 1.82) is 0 Å². The van der Waals surface area contributed by atoms with Crippen molar-refractivity contribution >= 4 is 36.7 Å². The maximum atomic E-state index is 11.6. The monoisotopic (exact) mass is 501 g/mol. The fraction of sp³-hybridized carbons (Fsp3) is 0. The molecule has 1 N–H and O–H groups in total. The Hall–Kier alpha value is -2.19. The molecule has 23 heavy (non-hydrogen) atoms. The molecule has 0 aromatic heterocycles. The summed E-state index contributed by atoms with van der Waals surface area (Å²) in [5.74, 6) is 0. The number of carbonyl (C=O) groups is 1. The summed E-state index contributed by atoms with van der Waals surface area (Å²) >= 11 is -4.12. The summed E-state index contributed by atoms with van der Waals surface area (Å²) in [4.78, 5) is 11.6. The van der Waals surface area contributed by atoms with Crippen molar-refractivity contribution in [3.05, 3.63) is 91.0 Å². The van der Waals surface area contributed by atoms with E-state index >= 15 is 0 Å². The topological polar surface area (TPSA) is 46.5 Å². The Morgan fingerprint density at radius 3 is 1.22 bits per heavy atom. The van der Waals surface area contributed by atoms with Crippen LogP contribution in [0.15, 0.2) is 91.0 Å². The fourth-order valence-corrected chi connectivity index (χ4v) is 15.2. The van der Waals surface area contributed by atoms with Crippen LogP contribution in [-0.4, -0.2) is 32.0 Å². The molecule has 0 amide bonds. The number of hydrogen-bond acceptors (Lipinski definition) is 2. The minimum absolute atomic E-state index is 0.979. The average molecular weight is 501 g/mol. The summed E-state index contributed by atoms with van der Waals surface area (Å²) in [5.41, 5.74) is 0. The van der Waals surface area contributed by atoms with E-state index < -0.39 is 26.9 Å². The van der Waals surface area contributed by atoms with Gasteiger partial charge in [-0.3, -0.25) is 0 Å². The number of rotatable bonds is 4. The zero-order valence-electron chi connectivity index (χ0n) is 12.4. The molecule has 0 heterocycles. The van der Waals surface area contributed by atoms with Crippen molar-refractivity contribution < 1.29 is 12.7 Å². The molecule has 115 valence electrons. The summed E-state index contributed by atoms with van der Waals surface area (Å²) in [6.07, 6.45) is -1.22. The van der Waals surface area contributed by atoms with E-state index in [9.17, 15) is 9.90 Å². The molecule has 3 aromatic rings. The van der Waals surface area contributed by atoms with Crippen LogP contribution in [0.3, 0.4) is 0 Å². The molecule has 0 unspecified atom stereocenters. The molecule has 3 rings (SSSR count). The molecular weight excluding hydrogens is 485 g/mol. The van der Waals surface area contributed by atoms with Gasteiger partial charge in [-0.15, -0.1) is 0 Å². The summed E-state index contributed by atoms with van der Waals surface area (Å²) in [6.45, 7) is 0. The molecule has 0 bridgehead atoms. The van der Waals surface area contributed by atoms with E-state index in [-0.39, 0.29) is 0 Å². The van der Waals surface area contributed by atoms with Crippen LogP contribution in [-0.2, 0) is 2.81 Å². The Kier molecular flexibility index (Phi) is 4.73. The van der Waals surface area contributed by atoms with Crippen LogP contribution < -0.4 is 9.81 Å². The van der Waals surface area contributed by atoms with Crippen LogP contribution in [0.1, 0.15) is 0 Å². The van der Waals surface area contributed by atoms with E-state index in [0.717, 1.165) is 9.81 Å². The van der Waals surface area contributed by atoms with Crippen molar-refractivity contribution in [2.75, 3.05) is 0 Å². The average Bonchev–Trinajstić information content (AvgIpc) is 2.62. The van der Waals surface area contributed by atoms with Gasteiger partial charge < -0.3 is 0 Å². The van der Waals surface area contributed by atoms with E-state index in [2.05, 4.69) is 0 Å². The first-order valence-corrected chi connectivity index (χ1v) is 13.9. The molecule has 3 nitrogen and oxygen atoms in total. The van der Waals surface area contributed by atoms with Gasteiger partial charge in [0.25, 0.3) is 0 Å². The third-order valence-electron chi connectivity index (χ3n) is 3.57. The Morgan fingerprint density at radius 2 is 0.957 bits per heavy atom. The summed E-state index contributed by atoms with van der Waals surface area (Å²) in [7, 11) is 0. The van der Waals surface area contributed by atoms with E-state index in [1.165, 1.54) is 0 Å². The molecule has 0 aliphatic heterocycles. The van der Waals surface area contributed by atoms with Gasteiger partial charge in [0.2, 0.25) is 0 Å². The van der Waals surface area contributed by atoms with Crippen LogP contribution >= 0.6 is 0 Å². The zero-order chi connectivity index (χ0) is 16.1. The summed E-state index contributed by atoms with van der Waals surface area (Å²) in [5, 5.41) is 9.46. The second-order valence-corrected chi connectivity index (χ2v) is 16.4. The van der Waals surface area contributed by atoms with Crippen molar-refractivity contribution in [3.8, 4) is 0 Å². The molecule has 0 atom stereocenters. The van der Waals surface area contributed by atoms with Gasteiger partial charge in [0.05, 0.1) is 0 Å². The minimum atomic E-state index is -4.12. The van der Waals surface area contributed by atoms with Gasteiger partial charge >= 0.3 is 140 Å². The molecular formula is C19H16BiO3. The Bertz CT molecular complexity index is 677. The van der Waals surface area contributed by atoms with Crippen LogP contribution in [0.25, 0.3) is 0 Å². The molecule has 0 spiro atoms. The van der Waals surface area contributed by atoms with Gasteiger partial charge in [-0.25, -0.2) is 0 Å². The number of hydrogen-bond donors (Lipinski definition) is 1. The van der Waals surface area contributed by atoms with Crippen LogP contribution in [0.5, 0.6) is 0 Å². The predicted octanol–water partition coefficient (Wildman–Crippen LogP) is 2.35. The third kappa shape index (κ3) is 3.13. The molecule has 0 saturated carbocycles. The Balaban J connectivity index is 2.32. The van der Waals surface area contributed by atoms with E-state index in [1.54, 1.807) is 0 Å². The second-order valence-electron chi connectivity index (χ2n) is 4.97. The first kappa shape index (κ1) is 15.7. The zero-order valence-corrected chi connectivity index (χ0v) is 15.8. The SMILES string of the molecule is O=C(O)[O][Bi]([c]1ccccc1)([c]1ccccc1)[c]1ccccc1. The predicted molar refractivity (Wildman–Crippen MR) is 93.1 cm³/mol. The van der Waals surface area contributed by atoms with Gasteiger partial charge in [0, 0.05) is 0 Å². The van der Waals surface area contributed by atoms with Gasteiger partial charge in [0.1, 0.15) is 0 Å². The first-order chi connectivity index (χ1) is 11.2. The van der Waals surface area contributed by atoms with Gasteiger partial charge in [-0.1, -0.05) is 0 Å². The third-order valence-corrected chi connectivity index (χ3v) is 17.2. The van der Waals surface area contributed by atoms with E-state index in [1.807, 2.05) is 91.0 Å². The first-order valence-electron chi connectivity index (χ1n) is 7.22. The standard InChI is InChI=1S/3C6H5.CH2O3.Bi/c3*1-2-4-6-5-3-1;2-1(3)4;/h3*1-5H;(H2,2,3,4);/q;;;;+1/p-1. The second kappa shape index (κ2) is 6.93. The van der Waals surface area contributed by atoms with Crippen molar-refractivity contribution in [1.82, 2.24) is 0 Å². The maximum absolute atomic E-state index is 11.6. The van der Waals surface area contributed by atoms with Crippen LogP contribution in [0.2, 0.25) is 0 Å². The molecule has 1 radical (unpaired) electrons. The van der Waals surface area contributed by atoms with Gasteiger partial charge in [-0.05, 0) is 0 Å². The van der Waals surface area contributed by atoms with Crippen LogP contribution in [0, 0.1) is 0 Å². The molecule has 0 aliphatic rings. The van der Waals surface area contributed by atoms with Crippen molar-refractivity contribution in [2.24, 2.45) is 0 Å². The molecule has 0 fully saturated rings. The van der Waals surface area contributed by atoms with Gasteiger partial charge in [0.15, 0.2) is 0 Å². The summed E-state index contributed by atoms with van der Waals surface area (Å²) in [6, 6.07) is 29.2. The quantitative estimate of drug-likeness (QED) is 0.559. The molecule has 0 saturated heterocycles. The van der Waals surface area contributed by atoms with E-state index in [4.69, 9.17) is 2.81 Å². The molecule has 0 aliphatic carbocycles. The Labute approximate surface area is 140 Å². The number of benzene rings is 3. The van der Waals surface area contributed by atoms with Crippen molar-refractivity contribution in [2.45, 2.75) is 0 Å². The fourth-order valence-electron chi connectivity index (χ4n) is 2.64. The van der Waals surface area contributed by atoms with Gasteiger partial charge in [-0.2, -0.15) is 0 Å². The van der Waals surface area contributed by atoms with E-state index in [0.29, 0.717) is 0 Å². The Morgan fingerprint density at radius 1 is 0.652 bits per heavy atom.